The van der Waals surface area contributed by atoms with E-state index >= 15 is 0 Å². The van der Waals surface area contributed by atoms with E-state index in [-0.39, 0.29) is 35.9 Å². The lowest BCUT2D eigenvalue weighted by Crippen LogP contribution is -2.53. The van der Waals surface area contributed by atoms with Crippen molar-refractivity contribution in [3.05, 3.63) is 119 Å². The number of aromatic hydroxyl groups is 1. The van der Waals surface area contributed by atoms with Crippen molar-refractivity contribution >= 4 is 28.6 Å². The van der Waals surface area contributed by atoms with E-state index < -0.39 is 6.04 Å². The number of unbranched alkanes of at least 4 members (excludes halogenated alkanes) is 9. The number of hydrogen-bond donors (Lipinski definition) is 2. The van der Waals surface area contributed by atoms with Crippen LogP contribution in [0.1, 0.15) is 141 Å². The number of piperidine rings is 1. The highest BCUT2D eigenvalue weighted by Crippen LogP contribution is 2.49. The summed E-state index contributed by atoms with van der Waals surface area (Å²) in [6.07, 6.45) is 16.2. The zero-order valence-corrected chi connectivity index (χ0v) is 33.9. The molecule has 3 heterocycles. The Morgan fingerprint density at radius 3 is 2.21 bits per heavy atom. The Morgan fingerprint density at radius 1 is 0.741 bits per heavy atom. The van der Waals surface area contributed by atoms with E-state index in [9.17, 15) is 19.5 Å². The molecule has 8 nitrogen and oxygen atoms in total. The molecular formula is C50H57N3O5. The molecule has 5 aromatic rings. The average molecular weight is 780 g/mol. The van der Waals surface area contributed by atoms with Crippen LogP contribution in [0.2, 0.25) is 0 Å². The normalized spacial score (nSPS) is 18.8. The second-order valence-electron chi connectivity index (χ2n) is 16.7. The smallest absolute Gasteiger partial charge is 0.255 e. The number of benzene rings is 4. The lowest BCUT2D eigenvalue weighted by molar-refractivity contribution is -0.137. The van der Waals surface area contributed by atoms with Crippen LogP contribution in [0.4, 0.5) is 0 Å². The topological polar surface area (TPSA) is 101 Å². The third-order valence-electron chi connectivity index (χ3n) is 12.9. The van der Waals surface area contributed by atoms with Crippen molar-refractivity contribution in [1.29, 1.82) is 0 Å². The molecule has 3 unspecified atom stereocenters. The molecule has 302 valence electrons. The number of fused-ring (bicyclic) bond motifs is 1. The lowest BCUT2D eigenvalue weighted by atomic mass is 9.77. The highest BCUT2D eigenvalue weighted by Gasteiger charge is 2.47. The molecule has 8 heteroatoms. The largest absolute Gasteiger partial charge is 0.508 e. The quantitative estimate of drug-likeness (QED) is 0.0681. The monoisotopic (exact) mass is 779 g/mol. The van der Waals surface area contributed by atoms with Crippen molar-refractivity contribution in [2.24, 2.45) is 0 Å². The minimum Gasteiger partial charge on any atom is -0.508 e. The van der Waals surface area contributed by atoms with E-state index in [1.807, 2.05) is 30.3 Å². The van der Waals surface area contributed by atoms with Gasteiger partial charge in [-0.2, -0.15) is 0 Å². The van der Waals surface area contributed by atoms with E-state index in [2.05, 4.69) is 71.4 Å². The van der Waals surface area contributed by atoms with Gasteiger partial charge < -0.3 is 19.3 Å². The third-order valence-corrected chi connectivity index (χ3v) is 12.9. The number of nitrogens with zero attached hydrogens (tertiary/aromatic N) is 2. The highest BCUT2D eigenvalue weighted by molar-refractivity contribution is 6.06. The Kier molecular flexibility index (Phi) is 12.3. The van der Waals surface area contributed by atoms with Gasteiger partial charge in [0, 0.05) is 29.4 Å². The molecule has 0 saturated carbocycles. The maximum Gasteiger partial charge on any atom is 0.255 e. The minimum absolute atomic E-state index is 0.0508. The number of aromatic nitrogens is 1. The van der Waals surface area contributed by atoms with Crippen LogP contribution in [-0.4, -0.2) is 44.9 Å². The molecule has 2 aliphatic heterocycles. The number of phenols is 1. The molecule has 0 radical (unpaired) electrons. The van der Waals surface area contributed by atoms with Crippen LogP contribution in [-0.2, 0) is 16.1 Å². The summed E-state index contributed by atoms with van der Waals surface area (Å²) >= 11 is 0. The second kappa shape index (κ2) is 18.0. The summed E-state index contributed by atoms with van der Waals surface area (Å²) in [6.45, 7) is 3.61. The molecule has 8 rings (SSSR count). The van der Waals surface area contributed by atoms with Crippen molar-refractivity contribution in [1.82, 2.24) is 14.8 Å². The van der Waals surface area contributed by atoms with Gasteiger partial charge in [-0.3, -0.25) is 19.7 Å². The van der Waals surface area contributed by atoms with Crippen LogP contribution in [0.15, 0.2) is 91.0 Å². The number of carbonyl (C=O) groups is 3. The molecule has 3 amide bonds. The van der Waals surface area contributed by atoms with Crippen molar-refractivity contribution < 1.29 is 24.2 Å². The number of nitrogens with one attached hydrogen (secondary N) is 1. The molecular weight excluding hydrogens is 723 g/mol. The van der Waals surface area contributed by atoms with E-state index in [0.29, 0.717) is 12.3 Å². The first-order valence-electron chi connectivity index (χ1n) is 21.8. The number of aryl methyl sites for hydroxylation is 1. The van der Waals surface area contributed by atoms with Crippen molar-refractivity contribution in [3.63, 3.8) is 0 Å². The first kappa shape index (κ1) is 39.5. The molecule has 0 bridgehead atoms. The van der Waals surface area contributed by atoms with Crippen LogP contribution in [0, 0.1) is 6.92 Å². The maximum atomic E-state index is 13.5. The zero-order chi connectivity index (χ0) is 40.0. The molecule has 1 fully saturated rings. The molecule has 1 aliphatic carbocycles. The molecule has 2 N–H and O–H groups in total. The third kappa shape index (κ3) is 8.43. The van der Waals surface area contributed by atoms with Crippen LogP contribution >= 0.6 is 0 Å². The van der Waals surface area contributed by atoms with Gasteiger partial charge in [0.25, 0.3) is 5.91 Å². The van der Waals surface area contributed by atoms with Crippen molar-refractivity contribution in [3.8, 4) is 22.8 Å². The van der Waals surface area contributed by atoms with Crippen molar-refractivity contribution in [2.75, 3.05) is 6.61 Å². The summed E-state index contributed by atoms with van der Waals surface area (Å²) < 4.78 is 8.47. The maximum absolute atomic E-state index is 13.5. The van der Waals surface area contributed by atoms with Gasteiger partial charge in [-0.15, -0.1) is 0 Å². The fraction of sp³-hybridized carbons (Fsp3) is 0.420. The van der Waals surface area contributed by atoms with E-state index in [1.165, 1.54) is 85.7 Å². The second-order valence-corrected chi connectivity index (χ2v) is 16.7. The van der Waals surface area contributed by atoms with Gasteiger partial charge in [0.1, 0.15) is 17.5 Å². The number of imide groups is 1. The first-order valence-corrected chi connectivity index (χ1v) is 21.8. The summed E-state index contributed by atoms with van der Waals surface area (Å²) in [5.41, 5.74) is 9.03. The number of hydrogen-bond acceptors (Lipinski definition) is 5. The highest BCUT2D eigenvalue weighted by atomic mass is 16.5. The Morgan fingerprint density at radius 2 is 1.47 bits per heavy atom. The fourth-order valence-electron chi connectivity index (χ4n) is 9.93. The van der Waals surface area contributed by atoms with Gasteiger partial charge in [-0.05, 0) is 109 Å². The first-order chi connectivity index (χ1) is 28.4. The van der Waals surface area contributed by atoms with Crippen LogP contribution in [0.25, 0.3) is 22.2 Å². The van der Waals surface area contributed by atoms with E-state index in [4.69, 9.17) is 4.74 Å². The molecule has 1 aromatic heterocycles. The SMILES string of the molecule is Cc1c(-c2ccccc2)n(Cc2ccc(OCCCCCCCCCCCCC3CCC4c5c(cccc53)C(=O)N4C3CCC(=O)NC3=O)cc2)c2ccc(O)cc12. The van der Waals surface area contributed by atoms with Gasteiger partial charge in [0.2, 0.25) is 11.8 Å². The standard InChI is InChI=1S/C50H57N3O5/c1-34-42-32-38(54)24-28-43(42)52(48(34)37-17-12-10-13-18-37)33-35-21-25-39(26-22-35)58-31-14-9-7-5-3-2-4-6-8-11-16-36-23-27-44-47-40(36)19-15-20-41(47)50(57)53(44)45-29-30-46(55)51-49(45)56/h10,12-13,15,17-22,24-26,28,32,36,44-45,54H,2-9,11,14,16,23,27,29-31,33H2,1H3,(H,51,55,56). The predicted molar refractivity (Wildman–Crippen MR) is 229 cm³/mol. The number of carbonyl (C=O) groups excluding carboxylic acids is 3. The molecule has 0 spiro atoms. The Bertz CT molecular complexity index is 2240. The lowest BCUT2D eigenvalue weighted by Gasteiger charge is -2.38. The fourth-order valence-corrected chi connectivity index (χ4v) is 9.93. The van der Waals surface area contributed by atoms with Gasteiger partial charge in [0.15, 0.2) is 0 Å². The molecule has 3 aliphatic rings. The number of phenolic OH excluding ortho intramolecular Hbond substituents is 1. The average Bonchev–Trinajstić information content (AvgIpc) is 3.67. The summed E-state index contributed by atoms with van der Waals surface area (Å²) in [5.74, 6) is 1.04. The van der Waals surface area contributed by atoms with E-state index in [1.54, 1.807) is 11.0 Å². The van der Waals surface area contributed by atoms with Gasteiger partial charge in [0.05, 0.1) is 18.3 Å². The van der Waals surface area contributed by atoms with Crippen LogP contribution < -0.4 is 10.1 Å². The zero-order valence-electron chi connectivity index (χ0n) is 33.9. The summed E-state index contributed by atoms with van der Waals surface area (Å²) in [6, 6.07) is 30.1. The van der Waals surface area contributed by atoms with E-state index in [0.717, 1.165) is 66.6 Å². The number of rotatable bonds is 18. The summed E-state index contributed by atoms with van der Waals surface area (Å²) in [7, 11) is 0. The molecule has 58 heavy (non-hydrogen) atoms. The summed E-state index contributed by atoms with van der Waals surface area (Å²) in [4.78, 5) is 39.7. The Labute approximate surface area is 342 Å². The van der Waals surface area contributed by atoms with Crippen molar-refractivity contribution in [2.45, 2.75) is 128 Å². The predicted octanol–water partition coefficient (Wildman–Crippen LogP) is 10.9. The number of ether oxygens (including phenoxy) is 1. The molecule has 3 atom stereocenters. The van der Waals surface area contributed by atoms with Gasteiger partial charge in [-0.1, -0.05) is 112 Å². The van der Waals surface area contributed by atoms with Crippen LogP contribution in [0.5, 0.6) is 11.5 Å². The summed E-state index contributed by atoms with van der Waals surface area (Å²) in [5, 5.41) is 13.7. The minimum atomic E-state index is -0.557. The Balaban J connectivity index is 0.700. The van der Waals surface area contributed by atoms with Crippen LogP contribution in [0.3, 0.4) is 0 Å². The van der Waals surface area contributed by atoms with Gasteiger partial charge >= 0.3 is 0 Å². The van der Waals surface area contributed by atoms with Gasteiger partial charge in [-0.25, -0.2) is 0 Å². The number of amides is 3. The molecule has 4 aromatic carbocycles. The Hall–Kier alpha value is -5.37. The molecule has 1 saturated heterocycles.